The first-order valence-corrected chi connectivity index (χ1v) is 9.57. The lowest BCUT2D eigenvalue weighted by atomic mass is 9.73. The van der Waals surface area contributed by atoms with Crippen molar-refractivity contribution in [2.75, 3.05) is 6.26 Å². The van der Waals surface area contributed by atoms with E-state index < -0.39 is 0 Å². The molecule has 0 aromatic heterocycles. The third kappa shape index (κ3) is 3.84. The number of rotatable bonds is 4. The van der Waals surface area contributed by atoms with E-state index in [9.17, 15) is 10.2 Å². The van der Waals surface area contributed by atoms with Gasteiger partial charge in [0.05, 0.1) is 0 Å². The van der Waals surface area contributed by atoms with E-state index in [0.717, 1.165) is 5.25 Å². The second-order valence-corrected chi connectivity index (χ2v) is 7.58. The van der Waals surface area contributed by atoms with Crippen molar-refractivity contribution in [1.82, 2.24) is 0 Å². The lowest BCUT2D eigenvalue weighted by molar-refractivity contribution is 0.334. The average molecular weight is 328 g/mol. The van der Waals surface area contributed by atoms with E-state index in [4.69, 9.17) is 0 Å². The van der Waals surface area contributed by atoms with Gasteiger partial charge in [-0.05, 0) is 66.8 Å². The van der Waals surface area contributed by atoms with Gasteiger partial charge in [0.2, 0.25) is 0 Å². The fourth-order valence-electron chi connectivity index (χ4n) is 3.80. The van der Waals surface area contributed by atoms with Gasteiger partial charge in [0.1, 0.15) is 11.5 Å². The predicted octanol–water partition coefficient (Wildman–Crippen LogP) is 5.15. The number of phenols is 2. The summed E-state index contributed by atoms with van der Waals surface area (Å²) in [5.74, 6) is 1.55. The molecule has 2 nitrogen and oxygen atoms in total. The molecule has 2 aromatic rings. The standard InChI is InChI=1S/C20H24O2S/c1-23-19-4-2-3-16(13-19)20(14-5-9-17(21)10-6-14)15-7-11-18(22)12-8-15/h5-12,16,19-22H,2-4,13H2,1H3/t16-,19+/m1/s1. The molecular weight excluding hydrogens is 304 g/mol. The van der Waals surface area contributed by atoms with Crippen molar-refractivity contribution >= 4 is 11.8 Å². The van der Waals surface area contributed by atoms with Crippen LogP contribution in [-0.2, 0) is 0 Å². The summed E-state index contributed by atoms with van der Waals surface area (Å²) >= 11 is 1.98. The Kier molecular flexibility index (Phi) is 5.16. The van der Waals surface area contributed by atoms with Crippen molar-refractivity contribution in [3.63, 3.8) is 0 Å². The first-order chi connectivity index (χ1) is 11.2. The van der Waals surface area contributed by atoms with E-state index in [-0.39, 0.29) is 0 Å². The van der Waals surface area contributed by atoms with Gasteiger partial charge < -0.3 is 10.2 Å². The molecule has 0 bridgehead atoms. The molecule has 0 saturated heterocycles. The van der Waals surface area contributed by atoms with Crippen LogP contribution in [0.15, 0.2) is 48.5 Å². The Morgan fingerprint density at radius 1 is 0.870 bits per heavy atom. The van der Waals surface area contributed by atoms with Gasteiger partial charge in [-0.3, -0.25) is 0 Å². The van der Waals surface area contributed by atoms with Crippen molar-refractivity contribution in [3.05, 3.63) is 59.7 Å². The van der Waals surface area contributed by atoms with E-state index >= 15 is 0 Å². The Balaban J connectivity index is 1.95. The maximum absolute atomic E-state index is 9.60. The van der Waals surface area contributed by atoms with Crippen molar-refractivity contribution in [2.24, 2.45) is 5.92 Å². The highest BCUT2D eigenvalue weighted by atomic mass is 32.2. The second kappa shape index (κ2) is 7.31. The summed E-state index contributed by atoms with van der Waals surface area (Å²) in [6, 6.07) is 15.3. The molecule has 3 rings (SSSR count). The first-order valence-electron chi connectivity index (χ1n) is 8.28. The number of phenolic OH excluding ortho intramolecular Hbond substituents is 2. The van der Waals surface area contributed by atoms with Crippen LogP contribution in [0, 0.1) is 5.92 Å². The van der Waals surface area contributed by atoms with Crippen LogP contribution in [0.25, 0.3) is 0 Å². The minimum absolute atomic E-state index is 0.309. The van der Waals surface area contributed by atoms with E-state index in [0.29, 0.717) is 23.3 Å². The Hall–Kier alpha value is -1.61. The second-order valence-electron chi connectivity index (χ2n) is 6.45. The fraction of sp³-hybridized carbons (Fsp3) is 0.400. The molecule has 1 saturated carbocycles. The van der Waals surface area contributed by atoms with Gasteiger partial charge >= 0.3 is 0 Å². The molecule has 0 unspecified atom stereocenters. The predicted molar refractivity (Wildman–Crippen MR) is 97.3 cm³/mol. The Bertz CT molecular complexity index is 576. The maximum atomic E-state index is 9.60. The number of aromatic hydroxyl groups is 2. The molecule has 0 aliphatic heterocycles. The molecule has 122 valence electrons. The Morgan fingerprint density at radius 2 is 1.39 bits per heavy atom. The maximum Gasteiger partial charge on any atom is 0.115 e. The zero-order valence-electron chi connectivity index (χ0n) is 13.5. The van der Waals surface area contributed by atoms with E-state index in [2.05, 4.69) is 6.26 Å². The van der Waals surface area contributed by atoms with Crippen LogP contribution in [0.5, 0.6) is 11.5 Å². The molecule has 1 aliphatic carbocycles. The molecule has 0 heterocycles. The molecule has 1 fully saturated rings. The van der Waals surface area contributed by atoms with Crippen LogP contribution in [0.4, 0.5) is 0 Å². The van der Waals surface area contributed by atoms with E-state index in [1.807, 2.05) is 36.0 Å². The normalized spacial score (nSPS) is 21.5. The van der Waals surface area contributed by atoms with Crippen LogP contribution in [0.1, 0.15) is 42.7 Å². The topological polar surface area (TPSA) is 40.5 Å². The quantitative estimate of drug-likeness (QED) is 0.815. The molecule has 0 spiro atoms. The molecule has 2 N–H and O–H groups in total. The molecule has 2 atom stereocenters. The summed E-state index contributed by atoms with van der Waals surface area (Å²) in [4.78, 5) is 0. The third-order valence-corrected chi connectivity index (χ3v) is 6.07. The van der Waals surface area contributed by atoms with Crippen molar-refractivity contribution in [2.45, 2.75) is 36.9 Å². The van der Waals surface area contributed by atoms with Crippen LogP contribution >= 0.6 is 11.8 Å². The summed E-state index contributed by atoms with van der Waals surface area (Å²) in [5, 5.41) is 19.9. The fourth-order valence-corrected chi connectivity index (χ4v) is 4.64. The van der Waals surface area contributed by atoms with Gasteiger partial charge in [0, 0.05) is 11.2 Å². The molecule has 3 heteroatoms. The smallest absolute Gasteiger partial charge is 0.115 e. The average Bonchev–Trinajstić information content (AvgIpc) is 2.59. The van der Waals surface area contributed by atoms with Crippen molar-refractivity contribution in [1.29, 1.82) is 0 Å². The third-order valence-electron chi connectivity index (χ3n) is 4.98. The zero-order chi connectivity index (χ0) is 16.2. The molecule has 0 radical (unpaired) electrons. The van der Waals surface area contributed by atoms with Crippen LogP contribution in [0.3, 0.4) is 0 Å². The van der Waals surface area contributed by atoms with Crippen LogP contribution in [0.2, 0.25) is 0 Å². The van der Waals surface area contributed by atoms with Crippen molar-refractivity contribution in [3.8, 4) is 11.5 Å². The number of thioether (sulfide) groups is 1. The lowest BCUT2D eigenvalue weighted by Crippen LogP contribution is -2.23. The highest BCUT2D eigenvalue weighted by molar-refractivity contribution is 7.99. The zero-order valence-corrected chi connectivity index (χ0v) is 14.3. The minimum Gasteiger partial charge on any atom is -0.508 e. The Morgan fingerprint density at radius 3 is 1.87 bits per heavy atom. The molecule has 1 aliphatic rings. The van der Waals surface area contributed by atoms with Gasteiger partial charge in [-0.1, -0.05) is 30.7 Å². The highest BCUT2D eigenvalue weighted by Gasteiger charge is 2.30. The van der Waals surface area contributed by atoms with Gasteiger partial charge in [-0.25, -0.2) is 0 Å². The van der Waals surface area contributed by atoms with Gasteiger partial charge in [-0.15, -0.1) is 0 Å². The summed E-state index contributed by atoms with van der Waals surface area (Å²) < 4.78 is 0. The first kappa shape index (κ1) is 16.3. The Labute approximate surface area is 142 Å². The molecular formula is C20H24O2S. The summed E-state index contributed by atoms with van der Waals surface area (Å²) in [7, 11) is 0. The van der Waals surface area contributed by atoms with E-state index in [1.54, 1.807) is 24.3 Å². The number of hydrogen-bond donors (Lipinski definition) is 2. The van der Waals surface area contributed by atoms with Crippen LogP contribution < -0.4 is 0 Å². The molecule has 2 aromatic carbocycles. The van der Waals surface area contributed by atoms with Crippen LogP contribution in [-0.4, -0.2) is 21.7 Å². The minimum atomic E-state index is 0.309. The summed E-state index contributed by atoms with van der Waals surface area (Å²) in [6.07, 6.45) is 7.28. The summed E-state index contributed by atoms with van der Waals surface area (Å²) in [5.41, 5.74) is 2.50. The lowest BCUT2D eigenvalue weighted by Gasteiger charge is -2.34. The van der Waals surface area contributed by atoms with Gasteiger partial charge in [-0.2, -0.15) is 11.8 Å². The van der Waals surface area contributed by atoms with Gasteiger partial charge in [0.25, 0.3) is 0 Å². The largest absolute Gasteiger partial charge is 0.508 e. The summed E-state index contributed by atoms with van der Waals surface area (Å²) in [6.45, 7) is 0. The highest BCUT2D eigenvalue weighted by Crippen LogP contribution is 2.43. The van der Waals surface area contributed by atoms with Gasteiger partial charge in [0.15, 0.2) is 0 Å². The molecule has 0 amide bonds. The van der Waals surface area contributed by atoms with Crippen molar-refractivity contribution < 1.29 is 10.2 Å². The monoisotopic (exact) mass is 328 g/mol. The SMILES string of the molecule is CS[C@H]1CCC[C@@H](C(c2ccc(O)cc2)c2ccc(O)cc2)C1. The molecule has 23 heavy (non-hydrogen) atoms. The number of benzene rings is 2. The van der Waals surface area contributed by atoms with E-state index in [1.165, 1.54) is 36.8 Å². The number of hydrogen-bond acceptors (Lipinski definition) is 3.